The van der Waals surface area contributed by atoms with Crippen LogP contribution in [0.5, 0.6) is 0 Å². The molecule has 3 rings (SSSR count). The number of anilines is 2. The number of halogens is 1. The molecule has 1 N–H and O–H groups in total. The third kappa shape index (κ3) is 3.57. The number of carbonyl (C=O) groups is 2. The van der Waals surface area contributed by atoms with Crippen molar-refractivity contribution in [1.29, 1.82) is 0 Å². The molecule has 0 atom stereocenters. The minimum Gasteiger partial charge on any atom is -0.355 e. The molecule has 148 valence electrons. The van der Waals surface area contributed by atoms with Crippen LogP contribution in [0.1, 0.15) is 18.9 Å². The Morgan fingerprint density at radius 2 is 1.86 bits per heavy atom. The Morgan fingerprint density at radius 1 is 1.14 bits per heavy atom. The third-order valence-corrected chi connectivity index (χ3v) is 6.31. The summed E-state index contributed by atoms with van der Waals surface area (Å²) in [6.07, 6.45) is 0.748. The lowest BCUT2D eigenvalue weighted by Gasteiger charge is -2.36. The van der Waals surface area contributed by atoms with Crippen molar-refractivity contribution >= 4 is 44.9 Å². The fourth-order valence-electron chi connectivity index (χ4n) is 2.96. The van der Waals surface area contributed by atoms with Crippen molar-refractivity contribution in [2.45, 2.75) is 25.2 Å². The van der Waals surface area contributed by atoms with Gasteiger partial charge in [0.05, 0.1) is 11.4 Å². The van der Waals surface area contributed by atoms with Crippen molar-refractivity contribution in [3.05, 3.63) is 53.1 Å². The quantitative estimate of drug-likeness (QED) is 0.802. The zero-order valence-electron chi connectivity index (χ0n) is 15.5. The summed E-state index contributed by atoms with van der Waals surface area (Å²) < 4.78 is 27.1. The molecule has 2 aromatic carbocycles. The van der Waals surface area contributed by atoms with E-state index in [9.17, 15) is 18.0 Å². The van der Waals surface area contributed by atoms with E-state index in [0.717, 1.165) is 6.42 Å². The van der Waals surface area contributed by atoms with Crippen LogP contribution in [0.25, 0.3) is 0 Å². The van der Waals surface area contributed by atoms with Gasteiger partial charge in [-0.15, -0.1) is 0 Å². The van der Waals surface area contributed by atoms with E-state index >= 15 is 0 Å². The van der Waals surface area contributed by atoms with Gasteiger partial charge in [-0.3, -0.25) is 9.69 Å². The molecule has 0 aromatic heterocycles. The van der Waals surface area contributed by atoms with Crippen LogP contribution in [0.4, 0.5) is 16.2 Å². The number of sulfonamides is 1. The van der Waals surface area contributed by atoms with Gasteiger partial charge in [0.1, 0.15) is 11.4 Å². The Bertz CT molecular complexity index is 1040. The highest BCUT2D eigenvalue weighted by Crippen LogP contribution is 2.38. The third-order valence-electron chi connectivity index (χ3n) is 4.34. The van der Waals surface area contributed by atoms with Crippen LogP contribution in [0.2, 0.25) is 5.02 Å². The van der Waals surface area contributed by atoms with E-state index in [4.69, 9.17) is 11.6 Å². The van der Waals surface area contributed by atoms with Gasteiger partial charge in [0.25, 0.3) is 10.0 Å². The van der Waals surface area contributed by atoms with Crippen LogP contribution >= 0.6 is 11.6 Å². The minimum absolute atomic E-state index is 0.0442. The molecular weight excluding hydrogens is 402 g/mol. The first-order valence-electron chi connectivity index (χ1n) is 8.76. The van der Waals surface area contributed by atoms with Crippen LogP contribution in [-0.4, -0.2) is 33.4 Å². The molecule has 0 saturated heterocycles. The number of carbonyl (C=O) groups excluding carboxylic acids is 2. The second kappa shape index (κ2) is 7.81. The van der Waals surface area contributed by atoms with Crippen molar-refractivity contribution in [2.75, 3.05) is 22.3 Å². The highest BCUT2D eigenvalue weighted by atomic mass is 35.5. The monoisotopic (exact) mass is 421 g/mol. The van der Waals surface area contributed by atoms with Gasteiger partial charge in [0.15, 0.2) is 0 Å². The summed E-state index contributed by atoms with van der Waals surface area (Å²) in [6.45, 7) is 3.78. The average Bonchev–Trinajstić information content (AvgIpc) is 2.66. The van der Waals surface area contributed by atoms with E-state index in [1.807, 2.05) is 6.92 Å². The molecule has 7 nitrogen and oxygen atoms in total. The Hall–Kier alpha value is -2.58. The van der Waals surface area contributed by atoms with E-state index in [1.165, 1.54) is 23.1 Å². The molecule has 9 heteroatoms. The van der Waals surface area contributed by atoms with Crippen LogP contribution < -0.4 is 14.5 Å². The molecule has 0 saturated carbocycles. The number of aryl methyl sites for hydroxylation is 1. The molecule has 0 bridgehead atoms. The lowest BCUT2D eigenvalue weighted by Crippen LogP contribution is -2.54. The molecule has 0 aliphatic carbocycles. The van der Waals surface area contributed by atoms with Gasteiger partial charge in [-0.05, 0) is 43.2 Å². The summed E-state index contributed by atoms with van der Waals surface area (Å²) >= 11 is 6.04. The van der Waals surface area contributed by atoms with Gasteiger partial charge < -0.3 is 5.32 Å². The van der Waals surface area contributed by atoms with E-state index in [0.29, 0.717) is 21.4 Å². The fraction of sp³-hybridized carbons (Fsp3) is 0.263. The molecule has 0 spiro atoms. The molecule has 0 radical (unpaired) electrons. The molecular formula is C19H20ClN3O4S. The van der Waals surface area contributed by atoms with Crippen LogP contribution in [0, 0.1) is 6.92 Å². The summed E-state index contributed by atoms with van der Waals surface area (Å²) in [7, 11) is -4.16. The fourth-order valence-corrected chi connectivity index (χ4v) is 4.78. The maximum Gasteiger partial charge on any atom is 0.343 e. The molecule has 1 aliphatic heterocycles. The molecule has 3 amide bonds. The maximum absolute atomic E-state index is 13.2. The number of rotatable bonds is 5. The van der Waals surface area contributed by atoms with E-state index in [2.05, 4.69) is 5.32 Å². The van der Waals surface area contributed by atoms with Crippen molar-refractivity contribution in [3.63, 3.8) is 0 Å². The maximum atomic E-state index is 13.2. The molecule has 0 fully saturated rings. The second-order valence-corrected chi connectivity index (χ2v) is 8.58. The number of hydrogen-bond donors (Lipinski definition) is 1. The lowest BCUT2D eigenvalue weighted by molar-refractivity contribution is -0.119. The number of urea groups is 1. The predicted molar refractivity (Wildman–Crippen MR) is 108 cm³/mol. The standard InChI is InChI=1S/C19H20ClN3O4S/c1-3-10-21-18(24)12-22-15-6-4-5-7-17(15)28(26,27)23(19(22)25)16-11-14(20)9-8-13(16)2/h4-9,11H,3,10,12H2,1-2H3,(H,21,24). The molecule has 2 aromatic rings. The Kier molecular flexibility index (Phi) is 5.62. The van der Waals surface area contributed by atoms with Crippen molar-refractivity contribution < 1.29 is 18.0 Å². The van der Waals surface area contributed by atoms with Crippen LogP contribution in [0.15, 0.2) is 47.4 Å². The normalized spacial score (nSPS) is 15.3. The first-order valence-corrected chi connectivity index (χ1v) is 10.6. The van der Waals surface area contributed by atoms with Crippen LogP contribution in [0.3, 0.4) is 0 Å². The van der Waals surface area contributed by atoms with Crippen molar-refractivity contribution in [2.24, 2.45) is 0 Å². The number of amides is 3. The van der Waals surface area contributed by atoms with Gasteiger partial charge >= 0.3 is 6.03 Å². The minimum atomic E-state index is -4.16. The smallest absolute Gasteiger partial charge is 0.343 e. The summed E-state index contributed by atoms with van der Waals surface area (Å²) in [4.78, 5) is 26.6. The summed E-state index contributed by atoms with van der Waals surface area (Å²) in [5.74, 6) is -0.368. The molecule has 1 heterocycles. The Labute approximate surface area is 168 Å². The Balaban J connectivity index is 2.14. The number of nitrogens with zero attached hydrogens (tertiary/aromatic N) is 2. The van der Waals surface area contributed by atoms with Gasteiger partial charge in [0, 0.05) is 11.6 Å². The highest BCUT2D eigenvalue weighted by molar-refractivity contribution is 7.94. The molecule has 28 heavy (non-hydrogen) atoms. The summed E-state index contributed by atoms with van der Waals surface area (Å²) in [5, 5.41) is 3.01. The second-order valence-electron chi connectivity index (χ2n) is 6.39. The van der Waals surface area contributed by atoms with Gasteiger partial charge in [-0.2, -0.15) is 4.31 Å². The number of nitrogens with one attached hydrogen (secondary N) is 1. The Morgan fingerprint density at radius 3 is 2.57 bits per heavy atom. The topological polar surface area (TPSA) is 86.8 Å². The van der Waals surface area contributed by atoms with E-state index in [1.54, 1.807) is 31.2 Å². The molecule has 0 unspecified atom stereocenters. The van der Waals surface area contributed by atoms with E-state index < -0.39 is 16.1 Å². The zero-order valence-corrected chi connectivity index (χ0v) is 17.0. The number of benzene rings is 2. The number of fused-ring (bicyclic) bond motifs is 1. The highest BCUT2D eigenvalue weighted by Gasteiger charge is 2.43. The SMILES string of the molecule is CCCNC(=O)CN1C(=O)N(c2cc(Cl)ccc2C)S(=O)(=O)c2ccccc21. The first-order chi connectivity index (χ1) is 13.3. The summed E-state index contributed by atoms with van der Waals surface area (Å²) in [6, 6.07) is 9.99. The van der Waals surface area contributed by atoms with Crippen molar-refractivity contribution in [3.8, 4) is 0 Å². The van der Waals surface area contributed by atoms with Gasteiger partial charge in [0.2, 0.25) is 5.91 Å². The van der Waals surface area contributed by atoms with E-state index in [-0.39, 0.29) is 28.7 Å². The van der Waals surface area contributed by atoms with Crippen LogP contribution in [-0.2, 0) is 14.8 Å². The summed E-state index contributed by atoms with van der Waals surface area (Å²) in [5.41, 5.74) is 0.900. The zero-order chi connectivity index (χ0) is 20.5. The number of hydrogen-bond acceptors (Lipinski definition) is 4. The average molecular weight is 422 g/mol. The van der Waals surface area contributed by atoms with Gasteiger partial charge in [-0.1, -0.05) is 36.7 Å². The predicted octanol–water partition coefficient (Wildman–Crippen LogP) is 3.31. The molecule has 1 aliphatic rings. The largest absolute Gasteiger partial charge is 0.355 e. The van der Waals surface area contributed by atoms with Gasteiger partial charge in [-0.25, -0.2) is 13.2 Å². The van der Waals surface area contributed by atoms with Crippen molar-refractivity contribution in [1.82, 2.24) is 5.32 Å². The first kappa shape index (κ1) is 20.2. The lowest BCUT2D eigenvalue weighted by atomic mass is 10.2. The number of para-hydroxylation sites is 1.